The van der Waals surface area contributed by atoms with Crippen LogP contribution in [-0.4, -0.2) is 43.0 Å². The summed E-state index contributed by atoms with van der Waals surface area (Å²) in [4.78, 5) is 14.7. The Balaban J connectivity index is 2.00. The normalized spacial score (nSPS) is 18.4. The maximum Gasteiger partial charge on any atom is 0.409 e. The van der Waals surface area contributed by atoms with Crippen LogP contribution >= 0.6 is 23.4 Å². The molecule has 5 nitrogen and oxygen atoms in total. The van der Waals surface area contributed by atoms with E-state index in [2.05, 4.69) is 5.32 Å². The van der Waals surface area contributed by atoms with Crippen LogP contribution in [0.5, 0.6) is 0 Å². The van der Waals surface area contributed by atoms with E-state index in [4.69, 9.17) is 22.1 Å². The van der Waals surface area contributed by atoms with Gasteiger partial charge < -0.3 is 20.7 Å². The van der Waals surface area contributed by atoms with Crippen LogP contribution in [-0.2, 0) is 4.74 Å². The first-order chi connectivity index (χ1) is 11.1. The first-order valence-electron chi connectivity index (χ1n) is 7.90. The lowest BCUT2D eigenvalue weighted by molar-refractivity contribution is 0.108. The number of hydrogen-bond acceptors (Lipinski definition) is 5. The number of likely N-dealkylation sites (tertiary alicyclic amines) is 1. The molecule has 0 aliphatic carbocycles. The van der Waals surface area contributed by atoms with Gasteiger partial charge in [-0.25, -0.2) is 4.79 Å². The molecule has 0 bridgehead atoms. The summed E-state index contributed by atoms with van der Waals surface area (Å²) in [6.45, 7) is 3.73. The van der Waals surface area contributed by atoms with Crippen molar-refractivity contribution in [2.24, 2.45) is 0 Å². The average molecular weight is 358 g/mol. The highest BCUT2D eigenvalue weighted by Gasteiger charge is 2.23. The second kappa shape index (κ2) is 8.55. The molecule has 23 heavy (non-hydrogen) atoms. The zero-order valence-electron chi connectivity index (χ0n) is 13.6. The third-order valence-corrected chi connectivity index (χ3v) is 5.79. The Hall–Kier alpha value is -1.27. The van der Waals surface area contributed by atoms with Gasteiger partial charge in [0.05, 0.1) is 23.0 Å². The second-order valence-electron chi connectivity index (χ2n) is 5.45. The van der Waals surface area contributed by atoms with Gasteiger partial charge in [-0.1, -0.05) is 11.6 Å². The summed E-state index contributed by atoms with van der Waals surface area (Å²) in [6, 6.07) is 3.85. The largest absolute Gasteiger partial charge is 0.450 e. The fourth-order valence-electron chi connectivity index (χ4n) is 2.68. The van der Waals surface area contributed by atoms with Crippen molar-refractivity contribution in [1.29, 1.82) is 0 Å². The summed E-state index contributed by atoms with van der Waals surface area (Å²) in [5.41, 5.74) is 7.35. The molecule has 2 rings (SSSR count). The number of carbonyl (C=O) groups excluding carboxylic acids is 1. The number of nitrogens with two attached hydrogens (primary N) is 1. The molecule has 1 fully saturated rings. The van der Waals surface area contributed by atoms with E-state index in [1.807, 2.05) is 26.1 Å². The van der Waals surface area contributed by atoms with Crippen molar-refractivity contribution in [2.75, 3.05) is 37.8 Å². The number of rotatable bonds is 4. The van der Waals surface area contributed by atoms with Crippen molar-refractivity contribution in [2.45, 2.75) is 36.3 Å². The van der Waals surface area contributed by atoms with E-state index < -0.39 is 0 Å². The molecular weight excluding hydrogens is 334 g/mol. The molecule has 1 unspecified atom stereocenters. The van der Waals surface area contributed by atoms with Crippen molar-refractivity contribution in [3.8, 4) is 0 Å². The average Bonchev–Trinajstić information content (AvgIpc) is 2.76. The molecule has 0 spiro atoms. The van der Waals surface area contributed by atoms with Gasteiger partial charge in [-0.3, -0.25) is 0 Å². The molecule has 1 saturated heterocycles. The molecule has 3 N–H and O–H groups in total. The summed E-state index contributed by atoms with van der Waals surface area (Å²) in [5, 5.41) is 4.15. The SMILES string of the molecule is CCOC(=O)N1CCCC(Sc2ccc(N)c(NC)c2Cl)CC1. The molecule has 0 saturated carbocycles. The van der Waals surface area contributed by atoms with Crippen molar-refractivity contribution < 1.29 is 9.53 Å². The van der Waals surface area contributed by atoms with Crippen molar-refractivity contribution in [1.82, 2.24) is 4.90 Å². The third-order valence-electron chi connectivity index (χ3n) is 3.88. The lowest BCUT2D eigenvalue weighted by Gasteiger charge is -2.20. The number of anilines is 2. The number of nitrogens with zero attached hydrogens (tertiary/aromatic N) is 1. The van der Waals surface area contributed by atoms with Crippen LogP contribution in [0.2, 0.25) is 5.02 Å². The standard InChI is InChI=1S/C16H24ClN3O2S/c1-3-22-16(21)20-9-4-5-11(8-10-20)23-13-7-6-12(18)15(19-2)14(13)17/h6-7,11,19H,3-5,8-10,18H2,1-2H3. The molecule has 1 aliphatic rings. The summed E-state index contributed by atoms with van der Waals surface area (Å²) in [7, 11) is 1.81. The molecule has 1 aromatic rings. The smallest absolute Gasteiger partial charge is 0.409 e. The number of carbonyl (C=O) groups is 1. The number of thioether (sulfide) groups is 1. The minimum atomic E-state index is -0.207. The van der Waals surface area contributed by atoms with Gasteiger partial charge in [0.25, 0.3) is 0 Å². The number of hydrogen-bond donors (Lipinski definition) is 2. The van der Waals surface area contributed by atoms with E-state index in [9.17, 15) is 4.79 Å². The lowest BCUT2D eigenvalue weighted by atomic mass is 10.2. The van der Waals surface area contributed by atoms with Crippen molar-refractivity contribution in [3.63, 3.8) is 0 Å². The second-order valence-corrected chi connectivity index (χ2v) is 7.17. The van der Waals surface area contributed by atoms with Gasteiger partial charge in [0.15, 0.2) is 0 Å². The third kappa shape index (κ3) is 4.61. The van der Waals surface area contributed by atoms with E-state index >= 15 is 0 Å². The Morgan fingerprint density at radius 3 is 2.96 bits per heavy atom. The first kappa shape index (κ1) is 18.1. The van der Waals surface area contributed by atoms with E-state index in [1.54, 1.807) is 16.7 Å². The summed E-state index contributed by atoms with van der Waals surface area (Å²) in [5.74, 6) is 0. The van der Waals surface area contributed by atoms with Crippen LogP contribution in [0.4, 0.5) is 16.2 Å². The van der Waals surface area contributed by atoms with Gasteiger partial charge in [-0.15, -0.1) is 11.8 Å². The van der Waals surface area contributed by atoms with Crippen molar-refractivity contribution >= 4 is 40.8 Å². The molecule has 1 heterocycles. The fraction of sp³-hybridized carbons (Fsp3) is 0.562. The zero-order chi connectivity index (χ0) is 16.8. The van der Waals surface area contributed by atoms with Crippen LogP contribution in [0.25, 0.3) is 0 Å². The van der Waals surface area contributed by atoms with Gasteiger partial charge in [-0.05, 0) is 38.3 Å². The van der Waals surface area contributed by atoms with Gasteiger partial charge in [-0.2, -0.15) is 0 Å². The van der Waals surface area contributed by atoms with E-state index in [0.29, 0.717) is 22.6 Å². The molecule has 0 radical (unpaired) electrons. The molecule has 7 heteroatoms. The van der Waals surface area contributed by atoms with Gasteiger partial charge in [0.2, 0.25) is 0 Å². The van der Waals surface area contributed by atoms with Crippen LogP contribution in [0, 0.1) is 0 Å². The Morgan fingerprint density at radius 1 is 1.48 bits per heavy atom. The minimum absolute atomic E-state index is 0.207. The number of halogens is 1. The van der Waals surface area contributed by atoms with E-state index in [-0.39, 0.29) is 6.09 Å². The molecule has 128 valence electrons. The monoisotopic (exact) mass is 357 g/mol. The highest BCUT2D eigenvalue weighted by molar-refractivity contribution is 8.00. The number of nitrogen functional groups attached to an aromatic ring is 1. The Labute approximate surface area is 146 Å². The number of ether oxygens (including phenoxy) is 1. The molecule has 1 aliphatic heterocycles. The molecule has 0 aromatic heterocycles. The highest BCUT2D eigenvalue weighted by Crippen LogP contribution is 2.40. The maximum absolute atomic E-state index is 11.8. The summed E-state index contributed by atoms with van der Waals surface area (Å²) >= 11 is 8.21. The number of benzene rings is 1. The summed E-state index contributed by atoms with van der Waals surface area (Å²) < 4.78 is 5.09. The molecule has 1 amide bonds. The lowest BCUT2D eigenvalue weighted by Crippen LogP contribution is -2.32. The quantitative estimate of drug-likeness (QED) is 0.795. The summed E-state index contributed by atoms with van der Waals surface area (Å²) in [6.07, 6.45) is 2.75. The Bertz CT molecular complexity index is 556. The van der Waals surface area contributed by atoms with Crippen LogP contribution < -0.4 is 11.1 Å². The number of amides is 1. The number of nitrogens with one attached hydrogen (secondary N) is 1. The van der Waals surface area contributed by atoms with Gasteiger partial charge in [0.1, 0.15) is 0 Å². The Morgan fingerprint density at radius 2 is 2.26 bits per heavy atom. The zero-order valence-corrected chi connectivity index (χ0v) is 15.2. The predicted octanol–water partition coefficient (Wildman–Crippen LogP) is 4.07. The molecule has 1 atom stereocenters. The van der Waals surface area contributed by atoms with Crippen LogP contribution in [0.15, 0.2) is 17.0 Å². The topological polar surface area (TPSA) is 67.6 Å². The molecule has 1 aromatic carbocycles. The minimum Gasteiger partial charge on any atom is -0.450 e. The van der Waals surface area contributed by atoms with E-state index in [0.717, 1.165) is 42.9 Å². The first-order valence-corrected chi connectivity index (χ1v) is 9.16. The molecular formula is C16H24ClN3O2S. The van der Waals surface area contributed by atoms with Crippen molar-refractivity contribution in [3.05, 3.63) is 17.2 Å². The van der Waals surface area contributed by atoms with Crippen LogP contribution in [0.1, 0.15) is 26.2 Å². The maximum atomic E-state index is 11.8. The Kier molecular flexibility index (Phi) is 6.72. The predicted molar refractivity (Wildman–Crippen MR) is 97.5 cm³/mol. The fourth-order valence-corrected chi connectivity index (χ4v) is 4.30. The highest BCUT2D eigenvalue weighted by atomic mass is 35.5. The van der Waals surface area contributed by atoms with Crippen LogP contribution in [0.3, 0.4) is 0 Å². The van der Waals surface area contributed by atoms with Gasteiger partial charge >= 0.3 is 6.09 Å². The van der Waals surface area contributed by atoms with Gasteiger partial charge in [0, 0.05) is 30.3 Å². The van der Waals surface area contributed by atoms with E-state index in [1.165, 1.54) is 0 Å².